The van der Waals surface area contributed by atoms with Gasteiger partial charge in [0.2, 0.25) is 0 Å². The molecule has 6 heteroatoms. The van der Waals surface area contributed by atoms with Crippen LogP contribution in [0.4, 0.5) is 0 Å². The van der Waals surface area contributed by atoms with Gasteiger partial charge in [0, 0.05) is 47.0 Å². The molecule has 0 N–H and O–H groups in total. The fraction of sp³-hybridized carbons (Fsp3) is 0. The van der Waals surface area contributed by atoms with Crippen LogP contribution in [-0.4, -0.2) is 19.9 Å². The van der Waals surface area contributed by atoms with Crippen LogP contribution in [0.2, 0.25) is 0 Å². The largest absolute Gasteiger partial charge is 0.452 e. The van der Waals surface area contributed by atoms with Gasteiger partial charge in [0.1, 0.15) is 22.1 Å². The van der Waals surface area contributed by atoms with Crippen molar-refractivity contribution in [2.24, 2.45) is 0 Å². The van der Waals surface area contributed by atoms with E-state index in [0.29, 0.717) is 0 Å². The minimum absolute atomic E-state index is 0.723. The standard InChI is InChI=1S/C34H18N4O2/c1-2-8-20-19(7-1)27(23-13-17-37-31-29-25(39-33(23)31)11-5-15-35-29)21-9-3-4-10-22(21)28(20)24-14-18-38-32-30-26(40-34(24)32)12-6-16-36-30/h1-18H. The number of hydrogen-bond acceptors (Lipinski definition) is 6. The van der Waals surface area contributed by atoms with Gasteiger partial charge >= 0.3 is 0 Å². The van der Waals surface area contributed by atoms with E-state index >= 15 is 0 Å². The molecule has 0 fully saturated rings. The summed E-state index contributed by atoms with van der Waals surface area (Å²) in [4.78, 5) is 18.4. The van der Waals surface area contributed by atoms with Crippen molar-refractivity contribution in [1.82, 2.24) is 19.9 Å². The smallest absolute Gasteiger partial charge is 0.163 e. The predicted molar refractivity (Wildman–Crippen MR) is 158 cm³/mol. The summed E-state index contributed by atoms with van der Waals surface area (Å²) in [5.74, 6) is 0. The zero-order chi connectivity index (χ0) is 26.2. The molecular formula is C34H18N4O2. The fourth-order valence-electron chi connectivity index (χ4n) is 6.06. The maximum Gasteiger partial charge on any atom is 0.163 e. The Bertz CT molecular complexity index is 2230. The lowest BCUT2D eigenvalue weighted by Crippen LogP contribution is -1.92. The van der Waals surface area contributed by atoms with E-state index in [4.69, 9.17) is 8.83 Å². The average Bonchev–Trinajstić information content (AvgIpc) is 3.59. The van der Waals surface area contributed by atoms with Crippen LogP contribution in [-0.2, 0) is 0 Å². The molecule has 6 nitrogen and oxygen atoms in total. The zero-order valence-electron chi connectivity index (χ0n) is 21.0. The molecule has 0 atom stereocenters. The molecule has 0 radical (unpaired) electrons. The van der Waals surface area contributed by atoms with Gasteiger partial charge in [-0.2, -0.15) is 0 Å². The Kier molecular flexibility index (Phi) is 4.24. The lowest BCUT2D eigenvalue weighted by atomic mass is 9.86. The van der Waals surface area contributed by atoms with Crippen molar-refractivity contribution >= 4 is 65.9 Å². The minimum atomic E-state index is 0.723. The van der Waals surface area contributed by atoms with Crippen LogP contribution in [0.1, 0.15) is 0 Å². The molecule has 0 aliphatic carbocycles. The van der Waals surface area contributed by atoms with E-state index in [2.05, 4.69) is 68.5 Å². The molecule has 6 heterocycles. The molecule has 186 valence electrons. The van der Waals surface area contributed by atoms with Crippen molar-refractivity contribution in [2.45, 2.75) is 0 Å². The Morgan fingerprint density at radius 2 is 0.775 bits per heavy atom. The second-order valence-electron chi connectivity index (χ2n) is 9.82. The van der Waals surface area contributed by atoms with E-state index < -0.39 is 0 Å². The predicted octanol–water partition coefficient (Wildman–Crippen LogP) is 8.71. The summed E-state index contributed by atoms with van der Waals surface area (Å²) < 4.78 is 12.8. The normalized spacial score (nSPS) is 12.0. The third kappa shape index (κ3) is 2.82. The Labute approximate surface area is 226 Å². The summed E-state index contributed by atoms with van der Waals surface area (Å²) in [6.45, 7) is 0. The van der Waals surface area contributed by atoms with Crippen LogP contribution >= 0.6 is 0 Å². The Balaban J connectivity index is 1.46. The number of fused-ring (bicyclic) bond motifs is 8. The van der Waals surface area contributed by atoms with Gasteiger partial charge in [0.25, 0.3) is 0 Å². The van der Waals surface area contributed by atoms with Crippen LogP contribution in [0.15, 0.2) is 119 Å². The minimum Gasteiger partial charge on any atom is -0.452 e. The first-order chi connectivity index (χ1) is 19.9. The molecule has 0 unspecified atom stereocenters. The number of pyridine rings is 4. The second-order valence-corrected chi connectivity index (χ2v) is 9.82. The summed E-state index contributed by atoms with van der Waals surface area (Å²) in [6.07, 6.45) is 7.22. The highest BCUT2D eigenvalue weighted by atomic mass is 16.3. The van der Waals surface area contributed by atoms with Crippen molar-refractivity contribution in [2.75, 3.05) is 0 Å². The lowest BCUT2D eigenvalue weighted by Gasteiger charge is -2.17. The molecule has 6 aromatic heterocycles. The third-order valence-electron chi connectivity index (χ3n) is 7.69. The van der Waals surface area contributed by atoms with Crippen LogP contribution in [0.25, 0.3) is 88.2 Å². The molecule has 3 aromatic carbocycles. The van der Waals surface area contributed by atoms with E-state index in [1.807, 2.05) is 48.8 Å². The van der Waals surface area contributed by atoms with Crippen molar-refractivity contribution < 1.29 is 8.83 Å². The van der Waals surface area contributed by atoms with E-state index in [-0.39, 0.29) is 0 Å². The Hall–Kier alpha value is -5.62. The number of furan rings is 2. The van der Waals surface area contributed by atoms with Crippen molar-refractivity contribution in [3.05, 3.63) is 110 Å². The van der Waals surface area contributed by atoms with Gasteiger partial charge in [-0.05, 0) is 57.9 Å². The summed E-state index contributed by atoms with van der Waals surface area (Å²) in [7, 11) is 0. The monoisotopic (exact) mass is 514 g/mol. The Morgan fingerprint density at radius 3 is 1.20 bits per heavy atom. The molecule has 0 saturated carbocycles. The first kappa shape index (κ1) is 21.3. The molecule has 0 aliphatic heterocycles. The highest BCUT2D eigenvalue weighted by molar-refractivity contribution is 6.25. The number of rotatable bonds is 2. The van der Waals surface area contributed by atoms with Crippen LogP contribution in [0.3, 0.4) is 0 Å². The first-order valence-electron chi connectivity index (χ1n) is 13.1. The van der Waals surface area contributed by atoms with Gasteiger partial charge < -0.3 is 8.83 Å². The maximum absolute atomic E-state index is 6.39. The van der Waals surface area contributed by atoms with Gasteiger partial charge in [-0.1, -0.05) is 48.5 Å². The highest BCUT2D eigenvalue weighted by Gasteiger charge is 2.23. The zero-order valence-corrected chi connectivity index (χ0v) is 21.0. The quantitative estimate of drug-likeness (QED) is 0.215. The van der Waals surface area contributed by atoms with Crippen LogP contribution in [0.5, 0.6) is 0 Å². The fourth-order valence-corrected chi connectivity index (χ4v) is 6.06. The van der Waals surface area contributed by atoms with E-state index in [1.165, 1.54) is 0 Å². The van der Waals surface area contributed by atoms with Crippen molar-refractivity contribution in [3.63, 3.8) is 0 Å². The highest BCUT2D eigenvalue weighted by Crippen LogP contribution is 2.47. The van der Waals surface area contributed by atoms with Gasteiger partial charge in [0.15, 0.2) is 22.3 Å². The summed E-state index contributed by atoms with van der Waals surface area (Å²) >= 11 is 0. The molecule has 9 rings (SSSR count). The molecule has 0 saturated heterocycles. The van der Waals surface area contributed by atoms with E-state index in [1.54, 1.807) is 12.4 Å². The SMILES string of the molecule is c1cnc2c(c1)oc1c(-c3c4ccccc4c(-c4ccnc5c4oc4cccnc45)c4ccccc34)ccnc12. The first-order valence-corrected chi connectivity index (χ1v) is 13.1. The molecule has 40 heavy (non-hydrogen) atoms. The van der Waals surface area contributed by atoms with Gasteiger partial charge in [-0.15, -0.1) is 0 Å². The van der Waals surface area contributed by atoms with Crippen LogP contribution < -0.4 is 0 Å². The number of benzene rings is 3. The van der Waals surface area contributed by atoms with Gasteiger partial charge in [-0.3, -0.25) is 19.9 Å². The molecule has 0 bridgehead atoms. The average molecular weight is 515 g/mol. The molecule has 9 aromatic rings. The molecule has 0 aliphatic rings. The number of aromatic nitrogens is 4. The van der Waals surface area contributed by atoms with E-state index in [0.717, 1.165) is 88.2 Å². The number of hydrogen-bond donors (Lipinski definition) is 0. The lowest BCUT2D eigenvalue weighted by molar-refractivity contribution is 0.668. The molecule has 0 amide bonds. The van der Waals surface area contributed by atoms with Crippen molar-refractivity contribution in [3.8, 4) is 22.3 Å². The van der Waals surface area contributed by atoms with E-state index in [9.17, 15) is 0 Å². The summed E-state index contributed by atoms with van der Waals surface area (Å²) in [5, 5.41) is 4.43. The molecular weight excluding hydrogens is 496 g/mol. The third-order valence-corrected chi connectivity index (χ3v) is 7.69. The number of nitrogens with zero attached hydrogens (tertiary/aromatic N) is 4. The summed E-state index contributed by atoms with van der Waals surface area (Å²) in [5.41, 5.74) is 10.1. The summed E-state index contributed by atoms with van der Waals surface area (Å²) in [6, 6.07) is 28.7. The Morgan fingerprint density at radius 1 is 0.375 bits per heavy atom. The maximum atomic E-state index is 6.39. The molecule has 0 spiro atoms. The van der Waals surface area contributed by atoms with Gasteiger partial charge in [-0.25, -0.2) is 0 Å². The van der Waals surface area contributed by atoms with Gasteiger partial charge in [0.05, 0.1) is 0 Å². The second kappa shape index (κ2) is 7.94. The van der Waals surface area contributed by atoms with Crippen LogP contribution in [0, 0.1) is 0 Å². The van der Waals surface area contributed by atoms with Crippen molar-refractivity contribution in [1.29, 1.82) is 0 Å². The topological polar surface area (TPSA) is 77.8 Å².